The molecule has 90 valence electrons. The second-order valence-electron chi connectivity index (χ2n) is 3.80. The average molecular weight is 304 g/mol. The van der Waals surface area contributed by atoms with E-state index in [1.165, 1.54) is 0 Å². The molecular weight excluding hydrogens is 294 g/mol. The number of methoxy groups -OCH3 is 1. The van der Waals surface area contributed by atoms with E-state index in [0.717, 1.165) is 27.1 Å². The SMILES string of the molecule is COc1cc(Br)ccc1-c1nc2ncccc2[nH]1. The molecule has 3 rings (SSSR count). The summed E-state index contributed by atoms with van der Waals surface area (Å²) in [5.74, 6) is 1.52. The quantitative estimate of drug-likeness (QED) is 0.789. The third-order valence-corrected chi connectivity index (χ3v) is 3.17. The number of benzene rings is 1. The Kier molecular flexibility index (Phi) is 2.76. The molecule has 0 fully saturated rings. The van der Waals surface area contributed by atoms with Gasteiger partial charge in [0.2, 0.25) is 0 Å². The van der Waals surface area contributed by atoms with Gasteiger partial charge in [-0.2, -0.15) is 0 Å². The average Bonchev–Trinajstić information content (AvgIpc) is 2.82. The Morgan fingerprint density at radius 2 is 2.17 bits per heavy atom. The van der Waals surface area contributed by atoms with E-state index in [1.807, 2.05) is 30.3 Å². The minimum absolute atomic E-state index is 0.706. The Bertz CT molecular complexity index is 675. The molecule has 2 heterocycles. The molecule has 0 aliphatic carbocycles. The minimum atomic E-state index is 0.706. The first-order valence-electron chi connectivity index (χ1n) is 5.42. The topological polar surface area (TPSA) is 50.8 Å². The Labute approximate surface area is 112 Å². The van der Waals surface area contributed by atoms with Crippen molar-refractivity contribution in [2.24, 2.45) is 0 Å². The monoisotopic (exact) mass is 303 g/mol. The zero-order chi connectivity index (χ0) is 12.5. The van der Waals surface area contributed by atoms with Gasteiger partial charge in [0, 0.05) is 10.7 Å². The number of hydrogen-bond donors (Lipinski definition) is 1. The molecule has 0 saturated carbocycles. The Morgan fingerprint density at radius 1 is 1.28 bits per heavy atom. The van der Waals surface area contributed by atoms with E-state index in [0.29, 0.717) is 5.65 Å². The highest BCUT2D eigenvalue weighted by molar-refractivity contribution is 9.10. The van der Waals surface area contributed by atoms with Crippen LogP contribution in [0.4, 0.5) is 0 Å². The van der Waals surface area contributed by atoms with Crippen LogP contribution in [0, 0.1) is 0 Å². The summed E-state index contributed by atoms with van der Waals surface area (Å²) in [6, 6.07) is 9.66. The molecule has 0 radical (unpaired) electrons. The number of rotatable bonds is 2. The van der Waals surface area contributed by atoms with Gasteiger partial charge in [-0.25, -0.2) is 9.97 Å². The fraction of sp³-hybridized carbons (Fsp3) is 0.0769. The van der Waals surface area contributed by atoms with Crippen LogP contribution in [0.2, 0.25) is 0 Å². The first-order valence-corrected chi connectivity index (χ1v) is 6.22. The van der Waals surface area contributed by atoms with Crippen LogP contribution in [0.25, 0.3) is 22.6 Å². The van der Waals surface area contributed by atoms with Gasteiger partial charge in [-0.05, 0) is 30.3 Å². The van der Waals surface area contributed by atoms with Crippen LogP contribution in [0.15, 0.2) is 41.0 Å². The number of hydrogen-bond acceptors (Lipinski definition) is 3. The number of H-pyrrole nitrogens is 1. The predicted octanol–water partition coefficient (Wildman–Crippen LogP) is 3.40. The van der Waals surface area contributed by atoms with Crippen molar-refractivity contribution in [3.05, 3.63) is 41.0 Å². The van der Waals surface area contributed by atoms with Crippen LogP contribution in [-0.4, -0.2) is 22.1 Å². The van der Waals surface area contributed by atoms with Gasteiger partial charge in [0.1, 0.15) is 11.6 Å². The first-order chi connectivity index (χ1) is 8.78. The van der Waals surface area contributed by atoms with Crippen molar-refractivity contribution in [1.82, 2.24) is 15.0 Å². The maximum absolute atomic E-state index is 5.37. The molecule has 0 saturated heterocycles. The zero-order valence-electron chi connectivity index (χ0n) is 9.64. The van der Waals surface area contributed by atoms with Gasteiger partial charge in [-0.1, -0.05) is 15.9 Å². The van der Waals surface area contributed by atoms with Gasteiger partial charge in [-0.15, -0.1) is 0 Å². The van der Waals surface area contributed by atoms with Crippen molar-refractivity contribution in [3.8, 4) is 17.1 Å². The lowest BCUT2D eigenvalue weighted by atomic mass is 10.2. The van der Waals surface area contributed by atoms with E-state index in [2.05, 4.69) is 30.9 Å². The molecule has 3 aromatic rings. The van der Waals surface area contributed by atoms with Gasteiger partial charge in [0.15, 0.2) is 5.65 Å². The number of halogens is 1. The predicted molar refractivity (Wildman–Crippen MR) is 73.6 cm³/mol. The molecule has 1 aromatic carbocycles. The molecule has 0 bridgehead atoms. The molecule has 0 aliphatic heterocycles. The van der Waals surface area contributed by atoms with Gasteiger partial charge in [0.25, 0.3) is 0 Å². The lowest BCUT2D eigenvalue weighted by molar-refractivity contribution is 0.416. The third-order valence-electron chi connectivity index (χ3n) is 2.68. The van der Waals surface area contributed by atoms with E-state index in [9.17, 15) is 0 Å². The number of pyridine rings is 1. The smallest absolute Gasteiger partial charge is 0.178 e. The van der Waals surface area contributed by atoms with Crippen molar-refractivity contribution in [1.29, 1.82) is 0 Å². The molecule has 0 aliphatic rings. The van der Waals surface area contributed by atoms with E-state index >= 15 is 0 Å². The van der Waals surface area contributed by atoms with Crippen LogP contribution in [-0.2, 0) is 0 Å². The first kappa shape index (κ1) is 11.2. The Balaban J connectivity index is 2.19. The van der Waals surface area contributed by atoms with Gasteiger partial charge in [0.05, 0.1) is 18.2 Å². The van der Waals surface area contributed by atoms with Crippen LogP contribution < -0.4 is 4.74 Å². The van der Waals surface area contributed by atoms with Crippen molar-refractivity contribution < 1.29 is 4.74 Å². The number of imidazole rings is 1. The van der Waals surface area contributed by atoms with Crippen LogP contribution in [0.5, 0.6) is 5.75 Å². The molecule has 18 heavy (non-hydrogen) atoms. The van der Waals surface area contributed by atoms with Gasteiger partial charge >= 0.3 is 0 Å². The molecule has 1 N–H and O–H groups in total. The summed E-state index contributed by atoms with van der Waals surface area (Å²) in [5.41, 5.74) is 2.54. The molecule has 5 heteroatoms. The van der Waals surface area contributed by atoms with E-state index in [4.69, 9.17) is 4.74 Å². The zero-order valence-corrected chi connectivity index (χ0v) is 11.2. The summed E-state index contributed by atoms with van der Waals surface area (Å²) < 4.78 is 6.34. The Morgan fingerprint density at radius 3 is 2.94 bits per heavy atom. The van der Waals surface area contributed by atoms with Crippen LogP contribution >= 0.6 is 15.9 Å². The number of ether oxygens (including phenoxy) is 1. The highest BCUT2D eigenvalue weighted by Gasteiger charge is 2.11. The second-order valence-corrected chi connectivity index (χ2v) is 4.72. The number of nitrogens with zero attached hydrogens (tertiary/aromatic N) is 2. The van der Waals surface area contributed by atoms with Gasteiger partial charge < -0.3 is 9.72 Å². The normalized spacial score (nSPS) is 10.8. The molecule has 0 unspecified atom stereocenters. The number of fused-ring (bicyclic) bond motifs is 1. The maximum Gasteiger partial charge on any atom is 0.178 e. The number of nitrogens with one attached hydrogen (secondary N) is 1. The third kappa shape index (κ3) is 1.86. The van der Waals surface area contributed by atoms with Crippen LogP contribution in [0.3, 0.4) is 0 Å². The summed E-state index contributed by atoms with van der Waals surface area (Å²) >= 11 is 3.42. The summed E-state index contributed by atoms with van der Waals surface area (Å²) in [6.07, 6.45) is 1.73. The summed E-state index contributed by atoms with van der Waals surface area (Å²) in [5, 5.41) is 0. The summed E-state index contributed by atoms with van der Waals surface area (Å²) in [6.45, 7) is 0. The molecule has 4 nitrogen and oxygen atoms in total. The molecule has 0 amide bonds. The van der Waals surface area contributed by atoms with Gasteiger partial charge in [-0.3, -0.25) is 0 Å². The number of aromatic nitrogens is 3. The minimum Gasteiger partial charge on any atom is -0.496 e. The second kappa shape index (κ2) is 4.42. The van der Waals surface area contributed by atoms with E-state index in [-0.39, 0.29) is 0 Å². The highest BCUT2D eigenvalue weighted by atomic mass is 79.9. The van der Waals surface area contributed by atoms with Crippen LogP contribution in [0.1, 0.15) is 0 Å². The molecule has 2 aromatic heterocycles. The lowest BCUT2D eigenvalue weighted by Crippen LogP contribution is -1.89. The summed E-state index contributed by atoms with van der Waals surface area (Å²) in [7, 11) is 1.65. The lowest BCUT2D eigenvalue weighted by Gasteiger charge is -2.06. The maximum atomic E-state index is 5.37. The molecular formula is C13H10BrN3O. The van der Waals surface area contributed by atoms with E-state index < -0.39 is 0 Å². The summed E-state index contributed by atoms with van der Waals surface area (Å²) in [4.78, 5) is 11.9. The fourth-order valence-corrected chi connectivity index (χ4v) is 2.17. The van der Waals surface area contributed by atoms with Crippen molar-refractivity contribution in [2.75, 3.05) is 7.11 Å². The standard InChI is InChI=1S/C13H10BrN3O/c1-18-11-7-8(14)4-5-9(11)12-16-10-3-2-6-15-13(10)17-12/h2-7H,1H3,(H,15,16,17). The van der Waals surface area contributed by atoms with E-state index in [1.54, 1.807) is 13.3 Å². The Hall–Kier alpha value is -1.88. The van der Waals surface area contributed by atoms with Crippen molar-refractivity contribution in [2.45, 2.75) is 0 Å². The molecule has 0 spiro atoms. The largest absolute Gasteiger partial charge is 0.496 e. The fourth-order valence-electron chi connectivity index (χ4n) is 1.83. The number of aromatic amines is 1. The molecule has 0 atom stereocenters. The van der Waals surface area contributed by atoms with Crippen molar-refractivity contribution >= 4 is 27.1 Å². The highest BCUT2D eigenvalue weighted by Crippen LogP contribution is 2.31. The van der Waals surface area contributed by atoms with Crippen molar-refractivity contribution in [3.63, 3.8) is 0 Å².